The van der Waals surface area contributed by atoms with Gasteiger partial charge in [0.2, 0.25) is 0 Å². The lowest BCUT2D eigenvalue weighted by molar-refractivity contribution is 0.197. The summed E-state index contributed by atoms with van der Waals surface area (Å²) in [7, 11) is 1.81. The van der Waals surface area contributed by atoms with E-state index in [0.29, 0.717) is 11.5 Å². The molecular weight excluding hydrogens is 234 g/mol. The molecule has 1 aromatic rings. The Morgan fingerprint density at radius 1 is 1.47 bits per heavy atom. The third-order valence-electron chi connectivity index (χ3n) is 2.89. The number of hydrogen-bond donors (Lipinski definition) is 1. The first-order valence-corrected chi connectivity index (χ1v) is 5.87. The van der Waals surface area contributed by atoms with Gasteiger partial charge in [0, 0.05) is 32.2 Å². The summed E-state index contributed by atoms with van der Waals surface area (Å²) < 4.78 is 0. The van der Waals surface area contributed by atoms with E-state index in [2.05, 4.69) is 0 Å². The van der Waals surface area contributed by atoms with Crippen LogP contribution in [0.5, 0.6) is 0 Å². The smallest absolute Gasteiger partial charge is 0.320 e. The first-order valence-electron chi connectivity index (χ1n) is 5.46. The van der Waals surface area contributed by atoms with E-state index in [1.165, 1.54) is 0 Å². The molecule has 2 amide bonds. The Morgan fingerprint density at radius 3 is 2.82 bits per heavy atom. The summed E-state index contributed by atoms with van der Waals surface area (Å²) in [5, 5.41) is 0. The second-order valence-corrected chi connectivity index (χ2v) is 4.63. The normalized spacial score (nSPS) is 15.5. The van der Waals surface area contributed by atoms with E-state index < -0.39 is 0 Å². The Balaban J connectivity index is 2.11. The maximum Gasteiger partial charge on any atom is 0.320 e. The molecule has 2 N–H and O–H groups in total. The molecule has 0 aliphatic carbocycles. The predicted molar refractivity (Wildman–Crippen MR) is 70.8 cm³/mol. The van der Waals surface area contributed by atoms with E-state index in [-0.39, 0.29) is 6.03 Å². The number of urea groups is 1. The van der Waals surface area contributed by atoms with Crippen LogP contribution in [0, 0.1) is 0 Å². The van der Waals surface area contributed by atoms with Crippen LogP contribution < -0.4 is 5.73 Å². The molecule has 1 saturated heterocycles. The Morgan fingerprint density at radius 2 is 2.24 bits per heavy atom. The Kier molecular flexibility index (Phi) is 3.28. The van der Waals surface area contributed by atoms with Crippen LogP contribution in [-0.4, -0.2) is 41.0 Å². The number of likely N-dealkylation sites (N-methyl/N-ethyl adjacent to an activating group) is 1. The molecule has 1 fully saturated rings. The van der Waals surface area contributed by atoms with Crippen LogP contribution in [0.15, 0.2) is 24.3 Å². The topological polar surface area (TPSA) is 49.6 Å². The van der Waals surface area contributed by atoms with Gasteiger partial charge in [-0.1, -0.05) is 30.4 Å². The van der Waals surface area contributed by atoms with Crippen molar-refractivity contribution in [3.63, 3.8) is 0 Å². The van der Waals surface area contributed by atoms with Crippen molar-refractivity contribution in [2.75, 3.05) is 20.1 Å². The average Bonchev–Trinajstić information content (AvgIpc) is 2.61. The van der Waals surface area contributed by atoms with Crippen molar-refractivity contribution in [3.05, 3.63) is 35.4 Å². The van der Waals surface area contributed by atoms with Gasteiger partial charge in [-0.25, -0.2) is 4.79 Å². The van der Waals surface area contributed by atoms with Gasteiger partial charge in [-0.2, -0.15) is 0 Å². The average molecular weight is 249 g/mol. The summed E-state index contributed by atoms with van der Waals surface area (Å²) in [6, 6.07) is 7.78. The molecule has 90 valence electrons. The summed E-state index contributed by atoms with van der Waals surface area (Å²) in [6.45, 7) is 2.17. The number of carbonyl (C=O) groups is 1. The summed E-state index contributed by atoms with van der Waals surface area (Å²) in [4.78, 5) is 15.7. The number of nitrogens with zero attached hydrogens (tertiary/aromatic N) is 2. The van der Waals surface area contributed by atoms with Gasteiger partial charge in [0.25, 0.3) is 0 Å². The maximum atomic E-state index is 11.7. The minimum Gasteiger partial charge on any atom is -0.389 e. The first kappa shape index (κ1) is 11.9. The van der Waals surface area contributed by atoms with Crippen molar-refractivity contribution >= 4 is 23.2 Å². The molecule has 2 rings (SSSR count). The zero-order valence-electron chi connectivity index (χ0n) is 9.72. The number of benzene rings is 1. The zero-order valence-corrected chi connectivity index (χ0v) is 10.5. The molecule has 1 heterocycles. The van der Waals surface area contributed by atoms with Gasteiger partial charge in [-0.15, -0.1) is 0 Å². The lowest BCUT2D eigenvalue weighted by Crippen LogP contribution is -2.29. The third-order valence-corrected chi connectivity index (χ3v) is 3.12. The standard InChI is InChI=1S/C12H15N3OS/c1-14-5-6-15(12(14)16)8-9-3-2-4-10(7-9)11(13)17/h2-4,7H,5-6,8H2,1H3,(H2,13,17). The highest BCUT2D eigenvalue weighted by Gasteiger charge is 2.24. The number of thiocarbonyl (C=S) groups is 1. The number of carbonyl (C=O) groups excluding carboxylic acids is 1. The summed E-state index contributed by atoms with van der Waals surface area (Å²) in [6.07, 6.45) is 0. The molecule has 1 aromatic carbocycles. The van der Waals surface area contributed by atoms with Gasteiger partial charge in [0.15, 0.2) is 0 Å². The second-order valence-electron chi connectivity index (χ2n) is 4.19. The van der Waals surface area contributed by atoms with Gasteiger partial charge in [0.05, 0.1) is 0 Å². The van der Waals surface area contributed by atoms with Crippen molar-refractivity contribution in [3.8, 4) is 0 Å². The highest BCUT2D eigenvalue weighted by molar-refractivity contribution is 7.80. The predicted octanol–water partition coefficient (Wildman–Crippen LogP) is 1.19. The summed E-state index contributed by atoms with van der Waals surface area (Å²) in [5.74, 6) is 0. The number of nitrogens with two attached hydrogens (primary N) is 1. The zero-order chi connectivity index (χ0) is 12.4. The monoisotopic (exact) mass is 249 g/mol. The lowest BCUT2D eigenvalue weighted by Gasteiger charge is -2.16. The molecule has 1 aliphatic rings. The van der Waals surface area contributed by atoms with Gasteiger partial charge >= 0.3 is 6.03 Å². The van der Waals surface area contributed by atoms with E-state index in [9.17, 15) is 4.79 Å². The molecule has 4 nitrogen and oxygen atoms in total. The molecule has 0 bridgehead atoms. The Labute approximate surface area is 106 Å². The molecule has 0 aromatic heterocycles. The van der Waals surface area contributed by atoms with Crippen LogP contribution in [0.1, 0.15) is 11.1 Å². The molecule has 0 spiro atoms. The van der Waals surface area contributed by atoms with Gasteiger partial charge < -0.3 is 15.5 Å². The van der Waals surface area contributed by atoms with Crippen molar-refractivity contribution in [1.29, 1.82) is 0 Å². The highest BCUT2D eigenvalue weighted by Crippen LogP contribution is 2.13. The molecule has 0 saturated carbocycles. The Bertz CT molecular complexity index is 461. The van der Waals surface area contributed by atoms with Crippen LogP contribution in [0.2, 0.25) is 0 Å². The van der Waals surface area contributed by atoms with Crippen LogP contribution in [-0.2, 0) is 6.54 Å². The lowest BCUT2D eigenvalue weighted by atomic mass is 10.1. The van der Waals surface area contributed by atoms with Crippen LogP contribution in [0.3, 0.4) is 0 Å². The highest BCUT2D eigenvalue weighted by atomic mass is 32.1. The number of rotatable bonds is 3. The molecule has 1 aliphatic heterocycles. The van der Waals surface area contributed by atoms with Crippen molar-refractivity contribution < 1.29 is 4.79 Å². The fourth-order valence-corrected chi connectivity index (χ4v) is 2.02. The fraction of sp³-hybridized carbons (Fsp3) is 0.333. The molecular formula is C12H15N3OS. The van der Waals surface area contributed by atoms with E-state index >= 15 is 0 Å². The minimum atomic E-state index is 0.0747. The quantitative estimate of drug-likeness (QED) is 0.819. The van der Waals surface area contributed by atoms with Gasteiger partial charge in [0.1, 0.15) is 4.99 Å². The van der Waals surface area contributed by atoms with E-state index in [1.54, 1.807) is 4.90 Å². The molecule has 0 unspecified atom stereocenters. The molecule has 0 radical (unpaired) electrons. The SMILES string of the molecule is CN1CCN(Cc2cccc(C(N)=S)c2)C1=O. The van der Waals surface area contributed by atoms with Crippen molar-refractivity contribution in [2.24, 2.45) is 5.73 Å². The minimum absolute atomic E-state index is 0.0747. The Hall–Kier alpha value is -1.62. The largest absolute Gasteiger partial charge is 0.389 e. The van der Waals surface area contributed by atoms with Crippen molar-refractivity contribution in [2.45, 2.75) is 6.54 Å². The van der Waals surface area contributed by atoms with E-state index in [0.717, 1.165) is 24.2 Å². The van der Waals surface area contributed by atoms with Crippen LogP contribution in [0.25, 0.3) is 0 Å². The van der Waals surface area contributed by atoms with Gasteiger partial charge in [-0.05, 0) is 11.6 Å². The maximum absolute atomic E-state index is 11.7. The molecule has 0 atom stereocenters. The molecule has 5 heteroatoms. The summed E-state index contributed by atoms with van der Waals surface area (Å²) >= 11 is 4.94. The summed E-state index contributed by atoms with van der Waals surface area (Å²) in [5.41, 5.74) is 7.48. The third kappa shape index (κ3) is 2.55. The van der Waals surface area contributed by atoms with Crippen molar-refractivity contribution in [1.82, 2.24) is 9.80 Å². The van der Waals surface area contributed by atoms with E-state index in [1.807, 2.05) is 36.2 Å². The van der Waals surface area contributed by atoms with Crippen LogP contribution in [0.4, 0.5) is 4.79 Å². The second kappa shape index (κ2) is 4.71. The van der Waals surface area contributed by atoms with Crippen LogP contribution >= 0.6 is 12.2 Å². The fourth-order valence-electron chi connectivity index (χ4n) is 1.89. The number of amides is 2. The van der Waals surface area contributed by atoms with Gasteiger partial charge in [-0.3, -0.25) is 0 Å². The first-order chi connectivity index (χ1) is 8.08. The number of hydrogen-bond acceptors (Lipinski definition) is 2. The van der Waals surface area contributed by atoms with E-state index in [4.69, 9.17) is 18.0 Å². The molecule has 17 heavy (non-hydrogen) atoms.